The predicted octanol–water partition coefficient (Wildman–Crippen LogP) is 7.17. The first-order valence-electron chi connectivity index (χ1n) is 12.1. The van der Waals surface area contributed by atoms with E-state index in [1.165, 1.54) is 12.1 Å². The molecule has 194 valence electrons. The Labute approximate surface area is 221 Å². The van der Waals surface area contributed by atoms with Crippen LogP contribution in [0.15, 0.2) is 42.5 Å². The van der Waals surface area contributed by atoms with Crippen LogP contribution in [0.1, 0.15) is 70.6 Å². The van der Waals surface area contributed by atoms with Gasteiger partial charge in [0, 0.05) is 24.2 Å². The zero-order valence-electron chi connectivity index (χ0n) is 21.9. The van der Waals surface area contributed by atoms with E-state index in [9.17, 15) is 19.1 Å². The Balaban J connectivity index is 1.88. The molecule has 1 aliphatic heterocycles. The molecule has 0 saturated heterocycles. The molecule has 0 saturated carbocycles. The highest BCUT2D eigenvalue weighted by Crippen LogP contribution is 2.44. The topological polar surface area (TPSA) is 66.8 Å². The minimum atomic E-state index is -1.20. The lowest BCUT2D eigenvalue weighted by atomic mass is 9.83. The van der Waals surface area contributed by atoms with Crippen molar-refractivity contribution >= 4 is 23.5 Å². The summed E-state index contributed by atoms with van der Waals surface area (Å²) in [6.07, 6.45) is -1.20. The third-order valence-corrected chi connectivity index (χ3v) is 7.07. The molecule has 5 nitrogen and oxygen atoms in total. The molecule has 7 heteroatoms. The fourth-order valence-electron chi connectivity index (χ4n) is 4.98. The number of carboxylic acid groups (broad SMARTS) is 1. The van der Waals surface area contributed by atoms with Gasteiger partial charge >= 0.3 is 5.97 Å². The van der Waals surface area contributed by atoms with Crippen LogP contribution < -0.4 is 0 Å². The van der Waals surface area contributed by atoms with Gasteiger partial charge < -0.3 is 14.7 Å². The Morgan fingerprint density at radius 2 is 1.59 bits per heavy atom. The van der Waals surface area contributed by atoms with Crippen molar-refractivity contribution in [2.45, 2.75) is 66.3 Å². The van der Waals surface area contributed by atoms with Crippen molar-refractivity contribution in [3.63, 3.8) is 0 Å². The highest BCUT2D eigenvalue weighted by Gasteiger charge is 2.36. The van der Waals surface area contributed by atoms with Gasteiger partial charge in [0.25, 0.3) is 5.91 Å². The zero-order valence-corrected chi connectivity index (χ0v) is 22.7. The number of carbonyl (C=O) groups excluding carboxylic acids is 1. The molecule has 0 bridgehead atoms. The normalized spacial score (nSPS) is 14.0. The molecule has 4 rings (SSSR count). The second kappa shape index (κ2) is 9.92. The van der Waals surface area contributed by atoms with Gasteiger partial charge in [-0.25, -0.2) is 9.18 Å². The molecule has 1 atom stereocenters. The fraction of sp³-hybridized carbons (Fsp3) is 0.333. The van der Waals surface area contributed by atoms with E-state index >= 15 is 0 Å². The van der Waals surface area contributed by atoms with Crippen LogP contribution in [0.3, 0.4) is 0 Å². The van der Waals surface area contributed by atoms with Gasteiger partial charge in [-0.05, 0) is 93.1 Å². The molecule has 3 aromatic rings. The second-order valence-electron chi connectivity index (χ2n) is 10.6. The first-order valence-corrected chi connectivity index (χ1v) is 12.5. The molecule has 0 unspecified atom stereocenters. The summed E-state index contributed by atoms with van der Waals surface area (Å²) in [5.74, 6) is -2.04. The van der Waals surface area contributed by atoms with Gasteiger partial charge in [0.05, 0.1) is 10.6 Å². The van der Waals surface area contributed by atoms with Crippen LogP contribution in [0, 0.1) is 26.6 Å². The zero-order chi connectivity index (χ0) is 27.2. The Kier molecular flexibility index (Phi) is 7.19. The monoisotopic (exact) mass is 523 g/mol. The standard InChI is InChI=1S/C30H31ClFNO4/c1-16-7-9-19(10-8-16)25-17(2)21-14-33(28(34)20-11-12-23(31)24(32)13-20)15-22(21)18(3)26(25)27(29(35)36)37-30(4,5)6/h7-13,27H,14-15H2,1-6H3,(H,35,36)/t27-/m0/s1. The van der Waals surface area contributed by atoms with Crippen LogP contribution in [0.2, 0.25) is 5.02 Å². The molecule has 1 heterocycles. The van der Waals surface area contributed by atoms with Crippen LogP contribution in [-0.4, -0.2) is 27.5 Å². The lowest BCUT2D eigenvalue weighted by molar-refractivity contribution is -0.160. The number of carbonyl (C=O) groups is 2. The van der Waals surface area contributed by atoms with Crippen LogP contribution in [-0.2, 0) is 22.6 Å². The van der Waals surface area contributed by atoms with E-state index in [4.69, 9.17) is 16.3 Å². The predicted molar refractivity (Wildman–Crippen MR) is 142 cm³/mol. The molecule has 3 aromatic carbocycles. The van der Waals surface area contributed by atoms with E-state index in [-0.39, 0.29) is 23.0 Å². The fourth-order valence-corrected chi connectivity index (χ4v) is 5.10. The van der Waals surface area contributed by atoms with Crippen molar-refractivity contribution in [1.82, 2.24) is 4.90 Å². The number of fused-ring (bicyclic) bond motifs is 1. The molecule has 0 radical (unpaired) electrons. The van der Waals surface area contributed by atoms with Gasteiger partial charge in [-0.1, -0.05) is 41.4 Å². The number of aliphatic carboxylic acids is 1. The van der Waals surface area contributed by atoms with Gasteiger partial charge in [-0.3, -0.25) is 4.79 Å². The van der Waals surface area contributed by atoms with Crippen LogP contribution >= 0.6 is 11.6 Å². The quantitative estimate of drug-likeness (QED) is 0.385. The first-order chi connectivity index (χ1) is 17.3. The molecule has 0 spiro atoms. The SMILES string of the molecule is Cc1ccc(-c2c(C)c3c(c(C)c2[C@H](OC(C)(C)C)C(=O)O)CN(C(=O)c2ccc(Cl)c(F)c2)C3)cc1. The van der Waals surface area contributed by atoms with Gasteiger partial charge in [0.15, 0.2) is 6.10 Å². The van der Waals surface area contributed by atoms with Gasteiger partial charge in [0.1, 0.15) is 5.82 Å². The number of hydrogen-bond acceptors (Lipinski definition) is 3. The average molecular weight is 524 g/mol. The number of nitrogens with zero attached hydrogens (tertiary/aromatic N) is 1. The van der Waals surface area contributed by atoms with E-state index < -0.39 is 23.5 Å². The summed E-state index contributed by atoms with van der Waals surface area (Å²) < 4.78 is 20.2. The van der Waals surface area contributed by atoms with E-state index in [0.717, 1.165) is 45.0 Å². The third kappa shape index (κ3) is 5.27. The van der Waals surface area contributed by atoms with E-state index in [0.29, 0.717) is 12.1 Å². The minimum absolute atomic E-state index is 0.0427. The maximum absolute atomic E-state index is 14.1. The highest BCUT2D eigenvalue weighted by atomic mass is 35.5. The number of carboxylic acids is 1. The Morgan fingerprint density at radius 3 is 2.14 bits per heavy atom. The number of rotatable bonds is 5. The second-order valence-corrected chi connectivity index (χ2v) is 11.0. The van der Waals surface area contributed by atoms with Crippen LogP contribution in [0.5, 0.6) is 0 Å². The molecule has 1 amide bonds. The van der Waals surface area contributed by atoms with Crippen LogP contribution in [0.4, 0.5) is 4.39 Å². The summed E-state index contributed by atoms with van der Waals surface area (Å²) in [6, 6.07) is 12.0. The summed E-state index contributed by atoms with van der Waals surface area (Å²) in [4.78, 5) is 27.5. The van der Waals surface area contributed by atoms with E-state index in [1.54, 1.807) is 4.90 Å². The summed E-state index contributed by atoms with van der Waals surface area (Å²) in [6.45, 7) is 12.0. The van der Waals surface area contributed by atoms with E-state index in [1.807, 2.05) is 65.8 Å². The Hall–Kier alpha value is -3.22. The number of benzene rings is 3. The summed E-state index contributed by atoms with van der Waals surface area (Å²) in [5.41, 5.74) is 6.44. The van der Waals surface area contributed by atoms with Crippen molar-refractivity contribution in [3.05, 3.63) is 92.2 Å². The number of ether oxygens (including phenoxy) is 1. The Bertz CT molecular complexity index is 1390. The molecule has 0 fully saturated rings. The van der Waals surface area contributed by atoms with Crippen molar-refractivity contribution in [1.29, 1.82) is 0 Å². The molecular formula is C30H31ClFNO4. The maximum Gasteiger partial charge on any atom is 0.337 e. The summed E-state index contributed by atoms with van der Waals surface area (Å²) in [7, 11) is 0. The van der Waals surface area contributed by atoms with Crippen molar-refractivity contribution in [3.8, 4) is 11.1 Å². The lowest BCUT2D eigenvalue weighted by Gasteiger charge is -2.29. The number of hydrogen-bond donors (Lipinski definition) is 1. The highest BCUT2D eigenvalue weighted by molar-refractivity contribution is 6.30. The van der Waals surface area contributed by atoms with Gasteiger partial charge in [-0.15, -0.1) is 0 Å². The summed E-state index contributed by atoms with van der Waals surface area (Å²) in [5, 5.41) is 10.2. The number of aryl methyl sites for hydroxylation is 1. The molecule has 0 aliphatic carbocycles. The molecule has 0 aromatic heterocycles. The molecular weight excluding hydrogens is 493 g/mol. The average Bonchev–Trinajstić information content (AvgIpc) is 3.27. The largest absolute Gasteiger partial charge is 0.479 e. The van der Waals surface area contributed by atoms with E-state index in [2.05, 4.69) is 0 Å². The molecule has 1 aliphatic rings. The molecule has 1 N–H and O–H groups in total. The summed E-state index contributed by atoms with van der Waals surface area (Å²) >= 11 is 5.80. The van der Waals surface area contributed by atoms with Crippen LogP contribution in [0.25, 0.3) is 11.1 Å². The number of halogens is 2. The van der Waals surface area contributed by atoms with Crippen molar-refractivity contribution in [2.75, 3.05) is 0 Å². The molecule has 37 heavy (non-hydrogen) atoms. The van der Waals surface area contributed by atoms with Gasteiger partial charge in [-0.2, -0.15) is 0 Å². The minimum Gasteiger partial charge on any atom is -0.479 e. The lowest BCUT2D eigenvalue weighted by Crippen LogP contribution is -2.28. The smallest absolute Gasteiger partial charge is 0.337 e. The Morgan fingerprint density at radius 1 is 1.00 bits per heavy atom. The van der Waals surface area contributed by atoms with Crippen molar-refractivity contribution in [2.24, 2.45) is 0 Å². The first kappa shape index (κ1) is 26.8. The number of amides is 1. The van der Waals surface area contributed by atoms with Crippen molar-refractivity contribution < 1.29 is 23.8 Å². The maximum atomic E-state index is 14.1. The third-order valence-electron chi connectivity index (χ3n) is 6.77. The van der Waals surface area contributed by atoms with Gasteiger partial charge in [0.2, 0.25) is 0 Å².